The van der Waals surface area contributed by atoms with Crippen molar-refractivity contribution in [1.82, 2.24) is 14.8 Å². The highest BCUT2D eigenvalue weighted by atomic mass is 31.2. The minimum absolute atomic E-state index is 0.0220. The molecule has 0 saturated carbocycles. The topological polar surface area (TPSA) is 153 Å². The van der Waals surface area contributed by atoms with E-state index in [1.807, 2.05) is 36.4 Å². The summed E-state index contributed by atoms with van der Waals surface area (Å²) in [5.41, 5.74) is 3.97. The molecule has 11 nitrogen and oxygen atoms in total. The molecular formula is C22H22N3O8P. The van der Waals surface area contributed by atoms with Crippen molar-refractivity contribution in [2.24, 2.45) is 0 Å². The summed E-state index contributed by atoms with van der Waals surface area (Å²) in [6.07, 6.45) is 0.509. The van der Waals surface area contributed by atoms with E-state index in [0.717, 1.165) is 27.7 Å². The van der Waals surface area contributed by atoms with Crippen LogP contribution in [0.1, 0.15) is 22.9 Å². The molecule has 12 heteroatoms. The van der Waals surface area contributed by atoms with E-state index in [0.29, 0.717) is 17.9 Å². The molecule has 0 spiro atoms. The summed E-state index contributed by atoms with van der Waals surface area (Å²) in [5.74, 6) is 1.28. The lowest BCUT2D eigenvalue weighted by Crippen LogP contribution is -2.62. The number of H-pyrrole nitrogens is 1. The van der Waals surface area contributed by atoms with Gasteiger partial charge in [-0.1, -0.05) is 24.3 Å². The Morgan fingerprint density at radius 3 is 2.53 bits per heavy atom. The summed E-state index contributed by atoms with van der Waals surface area (Å²) in [6.45, 7) is 0.279. The van der Waals surface area contributed by atoms with Crippen LogP contribution in [0.5, 0.6) is 11.5 Å². The normalized spacial score (nSPS) is 21.2. The van der Waals surface area contributed by atoms with Crippen molar-refractivity contribution in [3.63, 3.8) is 0 Å². The van der Waals surface area contributed by atoms with Crippen molar-refractivity contribution in [1.29, 1.82) is 0 Å². The Morgan fingerprint density at radius 1 is 1.06 bits per heavy atom. The van der Waals surface area contributed by atoms with Crippen LogP contribution in [-0.4, -0.2) is 67.7 Å². The third-order valence-electron chi connectivity index (χ3n) is 6.17. The molecule has 1 fully saturated rings. The second kappa shape index (κ2) is 8.14. The number of ether oxygens (including phenoxy) is 2. The smallest absolute Gasteiger partial charge is 0.454 e. The fourth-order valence-corrected chi connectivity index (χ4v) is 4.84. The molecule has 178 valence electrons. The second-order valence-electron chi connectivity index (χ2n) is 8.31. The average Bonchev–Trinajstić information content (AvgIpc) is 3.39. The number of carbonyl (C=O) groups is 2. The van der Waals surface area contributed by atoms with Crippen molar-refractivity contribution in [2.75, 3.05) is 20.4 Å². The van der Waals surface area contributed by atoms with E-state index in [4.69, 9.17) is 28.7 Å². The molecule has 3 aliphatic heterocycles. The van der Waals surface area contributed by atoms with E-state index in [-0.39, 0.29) is 31.2 Å². The number of para-hydroxylation sites is 1. The zero-order chi connectivity index (χ0) is 24.2. The van der Waals surface area contributed by atoms with Gasteiger partial charge in [0.05, 0.1) is 12.6 Å². The van der Waals surface area contributed by atoms with Gasteiger partial charge < -0.3 is 38.9 Å². The number of benzene rings is 2. The van der Waals surface area contributed by atoms with E-state index in [1.165, 1.54) is 4.90 Å². The molecule has 1 aromatic heterocycles. The lowest BCUT2D eigenvalue weighted by atomic mass is 9.86. The third kappa shape index (κ3) is 3.92. The van der Waals surface area contributed by atoms with Gasteiger partial charge in [0.15, 0.2) is 11.5 Å². The van der Waals surface area contributed by atoms with Crippen molar-refractivity contribution in [2.45, 2.75) is 18.5 Å². The number of rotatable bonds is 1. The van der Waals surface area contributed by atoms with Crippen LogP contribution >= 0.6 is 7.82 Å². The maximum atomic E-state index is 13.1. The Hall–Kier alpha value is -3.37. The molecule has 0 bridgehead atoms. The Balaban J connectivity index is 0.000000439. The number of aromatic nitrogens is 1. The number of phosphoric acid groups is 1. The molecule has 4 N–H and O–H groups in total. The lowest BCUT2D eigenvalue weighted by molar-refractivity contribution is -0.157. The van der Waals surface area contributed by atoms with Crippen LogP contribution in [-0.2, 0) is 20.6 Å². The van der Waals surface area contributed by atoms with Crippen LogP contribution in [0.2, 0.25) is 0 Å². The summed E-state index contributed by atoms with van der Waals surface area (Å²) >= 11 is 0. The molecule has 4 heterocycles. The van der Waals surface area contributed by atoms with Gasteiger partial charge in [-0.25, -0.2) is 4.57 Å². The predicted octanol–water partition coefficient (Wildman–Crippen LogP) is 1.28. The molecule has 2 amide bonds. The zero-order valence-corrected chi connectivity index (χ0v) is 18.9. The van der Waals surface area contributed by atoms with Gasteiger partial charge in [-0.05, 0) is 29.3 Å². The molecule has 0 unspecified atom stereocenters. The molecule has 3 aromatic rings. The molecule has 0 radical (unpaired) electrons. The minimum atomic E-state index is -4.64. The van der Waals surface area contributed by atoms with Gasteiger partial charge in [0.2, 0.25) is 18.6 Å². The monoisotopic (exact) mass is 487 g/mol. The molecule has 0 aliphatic carbocycles. The van der Waals surface area contributed by atoms with E-state index in [9.17, 15) is 9.59 Å². The summed E-state index contributed by atoms with van der Waals surface area (Å²) in [4.78, 5) is 54.5. The van der Waals surface area contributed by atoms with Crippen LogP contribution in [0.15, 0.2) is 42.5 Å². The van der Waals surface area contributed by atoms with Gasteiger partial charge in [0.1, 0.15) is 6.04 Å². The Kier molecular flexibility index (Phi) is 5.37. The number of hydrogen-bond donors (Lipinski definition) is 4. The number of likely N-dealkylation sites (N-methyl/N-ethyl adjacent to an activating group) is 1. The third-order valence-corrected chi connectivity index (χ3v) is 6.17. The van der Waals surface area contributed by atoms with Crippen molar-refractivity contribution in [3.05, 3.63) is 59.3 Å². The SMILES string of the molecule is CN1CC(=O)N2[C@H](c3ccc4c(c3)OCO4)c3[nH]c4ccccc4c3C[C@@H]2C1=O.O=P(O)(O)O. The number of fused-ring (bicyclic) bond motifs is 5. The second-order valence-corrected chi connectivity index (χ2v) is 9.33. The highest BCUT2D eigenvalue weighted by Gasteiger charge is 2.47. The Labute approximate surface area is 193 Å². The maximum Gasteiger partial charge on any atom is 0.466 e. The van der Waals surface area contributed by atoms with Crippen molar-refractivity contribution in [3.8, 4) is 11.5 Å². The summed E-state index contributed by atoms with van der Waals surface area (Å²) in [7, 11) is -2.95. The van der Waals surface area contributed by atoms with Crippen LogP contribution in [0.3, 0.4) is 0 Å². The van der Waals surface area contributed by atoms with Crippen LogP contribution in [0.25, 0.3) is 10.9 Å². The van der Waals surface area contributed by atoms with Gasteiger partial charge in [0.25, 0.3) is 0 Å². The first kappa shape index (κ1) is 22.4. The van der Waals surface area contributed by atoms with Gasteiger partial charge in [-0.3, -0.25) is 9.59 Å². The van der Waals surface area contributed by atoms with E-state index < -0.39 is 13.9 Å². The molecular weight excluding hydrogens is 465 g/mol. The number of piperazine rings is 1. The molecule has 34 heavy (non-hydrogen) atoms. The number of aromatic amines is 1. The van der Waals surface area contributed by atoms with E-state index in [2.05, 4.69) is 11.1 Å². The highest BCUT2D eigenvalue weighted by Crippen LogP contribution is 2.44. The molecule has 1 saturated heterocycles. The first-order valence-electron chi connectivity index (χ1n) is 10.5. The molecule has 2 aromatic carbocycles. The molecule has 3 aliphatic rings. The zero-order valence-electron chi connectivity index (χ0n) is 18.0. The minimum Gasteiger partial charge on any atom is -0.454 e. The van der Waals surface area contributed by atoms with Crippen LogP contribution in [0, 0.1) is 0 Å². The lowest BCUT2D eigenvalue weighted by Gasteiger charge is -2.46. The van der Waals surface area contributed by atoms with Gasteiger partial charge in [0, 0.05) is 30.1 Å². The summed E-state index contributed by atoms with van der Waals surface area (Å²) in [5, 5.41) is 1.10. The Bertz CT molecular complexity index is 1340. The number of hydrogen-bond acceptors (Lipinski definition) is 5. The molecule has 2 atom stereocenters. The van der Waals surface area contributed by atoms with Crippen molar-refractivity contribution < 1.29 is 38.3 Å². The number of amides is 2. The first-order chi connectivity index (χ1) is 16.1. The summed E-state index contributed by atoms with van der Waals surface area (Å²) < 4.78 is 19.9. The quantitative estimate of drug-likeness (QED) is 0.375. The van der Waals surface area contributed by atoms with E-state index in [1.54, 1.807) is 11.9 Å². The summed E-state index contributed by atoms with van der Waals surface area (Å²) in [6, 6.07) is 12.9. The largest absolute Gasteiger partial charge is 0.466 e. The van der Waals surface area contributed by atoms with E-state index >= 15 is 0 Å². The van der Waals surface area contributed by atoms with Crippen molar-refractivity contribution >= 4 is 30.5 Å². The standard InChI is InChI=1S/C22H19N3O4.H3O4P/c1-24-10-19(26)25-16(22(24)27)9-14-13-4-2-3-5-15(13)23-20(14)21(25)12-6-7-17-18(8-12)29-11-28-17;1-5(2,3)4/h2-8,16,21,23H,9-11H2,1H3;(H3,1,2,3,4)/t16-,21-;/m1./s1. The number of carbonyl (C=O) groups excluding carboxylic acids is 2. The number of nitrogens with one attached hydrogen (secondary N) is 1. The van der Waals surface area contributed by atoms with Gasteiger partial charge in [-0.2, -0.15) is 0 Å². The maximum absolute atomic E-state index is 13.1. The fourth-order valence-electron chi connectivity index (χ4n) is 4.84. The predicted molar refractivity (Wildman–Crippen MR) is 119 cm³/mol. The fraction of sp³-hybridized carbons (Fsp3) is 0.273. The number of nitrogens with zero attached hydrogens (tertiary/aromatic N) is 2. The van der Waals surface area contributed by atoms with Gasteiger partial charge >= 0.3 is 7.82 Å². The molecule has 6 rings (SSSR count). The van der Waals surface area contributed by atoms with Crippen LogP contribution < -0.4 is 9.47 Å². The van der Waals surface area contributed by atoms with Crippen LogP contribution in [0.4, 0.5) is 0 Å². The average molecular weight is 487 g/mol. The Morgan fingerprint density at radius 2 is 1.76 bits per heavy atom. The highest BCUT2D eigenvalue weighted by molar-refractivity contribution is 7.45. The first-order valence-corrected chi connectivity index (χ1v) is 12.0. The van der Waals surface area contributed by atoms with Gasteiger partial charge in [-0.15, -0.1) is 0 Å².